The lowest BCUT2D eigenvalue weighted by molar-refractivity contribution is -0.132. The molecule has 1 atom stereocenters. The van der Waals surface area contributed by atoms with Crippen molar-refractivity contribution < 1.29 is 20.1 Å². The van der Waals surface area contributed by atoms with Crippen LogP contribution in [-0.4, -0.2) is 34.0 Å². The largest absolute Gasteiger partial charge is 0.478 e. The fourth-order valence-electron chi connectivity index (χ4n) is 0.655. The zero-order chi connectivity index (χ0) is 12.3. The molecule has 0 aromatic rings. The third kappa shape index (κ3) is 13.1. The van der Waals surface area contributed by atoms with Gasteiger partial charge in [0.1, 0.15) is 0 Å². The molecule has 0 aliphatic carbocycles. The molecule has 0 saturated heterocycles. The van der Waals surface area contributed by atoms with E-state index >= 15 is 0 Å². The van der Waals surface area contributed by atoms with Crippen LogP contribution in [0.15, 0.2) is 11.6 Å². The predicted octanol–water partition coefficient (Wildman–Crippen LogP) is 1.57. The molecule has 0 amide bonds. The number of aliphatic hydroxyl groups is 2. The summed E-state index contributed by atoms with van der Waals surface area (Å²) < 4.78 is 0. The zero-order valence-corrected chi connectivity index (χ0v) is 9.73. The molecule has 0 heterocycles. The van der Waals surface area contributed by atoms with Crippen molar-refractivity contribution in [3.8, 4) is 0 Å². The van der Waals surface area contributed by atoms with Gasteiger partial charge in [-0.15, -0.1) is 0 Å². The molecule has 0 fully saturated rings. The monoisotopic (exact) mass is 218 g/mol. The first-order chi connectivity index (χ1) is 6.99. The summed E-state index contributed by atoms with van der Waals surface area (Å²) in [5.74, 6) is -0.845. The second kappa shape index (κ2) is 11.2. The van der Waals surface area contributed by atoms with Gasteiger partial charge in [-0.1, -0.05) is 13.0 Å². The Kier molecular flexibility index (Phi) is 12.4. The summed E-state index contributed by atoms with van der Waals surface area (Å²) >= 11 is 0. The van der Waals surface area contributed by atoms with Crippen LogP contribution in [0.2, 0.25) is 0 Å². The molecule has 0 aromatic heterocycles. The summed E-state index contributed by atoms with van der Waals surface area (Å²) in [5, 5.41) is 25.3. The minimum absolute atomic E-state index is 0.192. The van der Waals surface area contributed by atoms with Crippen LogP contribution in [0.4, 0.5) is 0 Å². The topological polar surface area (TPSA) is 77.8 Å². The summed E-state index contributed by atoms with van der Waals surface area (Å²) in [7, 11) is 0. The normalized spacial score (nSPS) is 12.7. The van der Waals surface area contributed by atoms with E-state index in [1.165, 1.54) is 0 Å². The quantitative estimate of drug-likeness (QED) is 0.612. The van der Waals surface area contributed by atoms with Crippen molar-refractivity contribution in [1.29, 1.82) is 0 Å². The lowest BCUT2D eigenvalue weighted by atomic mass is 10.2. The number of aliphatic carboxylic acids is 1. The number of carbonyl (C=O) groups is 1. The maximum atomic E-state index is 9.86. The van der Waals surface area contributed by atoms with E-state index in [2.05, 4.69) is 0 Å². The van der Waals surface area contributed by atoms with Crippen LogP contribution >= 0.6 is 0 Å². The van der Waals surface area contributed by atoms with E-state index in [4.69, 9.17) is 15.3 Å². The average Bonchev–Trinajstić information content (AvgIpc) is 2.25. The van der Waals surface area contributed by atoms with Gasteiger partial charge in [0, 0.05) is 12.2 Å². The van der Waals surface area contributed by atoms with E-state index in [0.717, 1.165) is 19.3 Å². The van der Waals surface area contributed by atoms with Gasteiger partial charge in [-0.05, 0) is 33.1 Å². The van der Waals surface area contributed by atoms with Crippen molar-refractivity contribution >= 4 is 5.97 Å². The van der Waals surface area contributed by atoms with Gasteiger partial charge in [0.25, 0.3) is 0 Å². The smallest absolute Gasteiger partial charge is 0.330 e. The first-order valence-electron chi connectivity index (χ1n) is 5.14. The molecule has 0 radical (unpaired) electrons. The molecule has 1 unspecified atom stereocenters. The first-order valence-corrected chi connectivity index (χ1v) is 5.14. The highest BCUT2D eigenvalue weighted by molar-refractivity contribution is 5.85. The van der Waals surface area contributed by atoms with Crippen LogP contribution in [0, 0.1) is 0 Å². The van der Waals surface area contributed by atoms with Gasteiger partial charge < -0.3 is 15.3 Å². The maximum absolute atomic E-state index is 9.86. The van der Waals surface area contributed by atoms with Crippen molar-refractivity contribution in [2.75, 3.05) is 6.61 Å². The Balaban J connectivity index is 0. The minimum Gasteiger partial charge on any atom is -0.478 e. The Hall–Kier alpha value is -0.870. The third-order valence-electron chi connectivity index (χ3n) is 1.94. The van der Waals surface area contributed by atoms with Gasteiger partial charge in [-0.2, -0.15) is 0 Å². The summed E-state index contributed by atoms with van der Waals surface area (Å²) in [5.41, 5.74) is 0.389. The second-order valence-electron chi connectivity index (χ2n) is 3.20. The van der Waals surface area contributed by atoms with Crippen molar-refractivity contribution in [1.82, 2.24) is 0 Å². The van der Waals surface area contributed by atoms with Crippen molar-refractivity contribution in [3.63, 3.8) is 0 Å². The Morgan fingerprint density at radius 2 is 2.00 bits per heavy atom. The van der Waals surface area contributed by atoms with Crippen molar-refractivity contribution in [2.24, 2.45) is 0 Å². The van der Waals surface area contributed by atoms with E-state index in [1.54, 1.807) is 19.9 Å². The highest BCUT2D eigenvalue weighted by atomic mass is 16.4. The van der Waals surface area contributed by atoms with Gasteiger partial charge in [0.15, 0.2) is 0 Å². The molecule has 0 spiro atoms. The SMILES string of the molecule is CC=C(C)C(=O)O.CCC(O)CCCO. The van der Waals surface area contributed by atoms with Crippen LogP contribution < -0.4 is 0 Å². The molecule has 0 aliphatic rings. The summed E-state index contributed by atoms with van der Waals surface area (Å²) in [6.45, 7) is 5.38. The lowest BCUT2D eigenvalue weighted by Crippen LogP contribution is -2.04. The molecule has 0 aliphatic heterocycles. The Morgan fingerprint density at radius 3 is 2.20 bits per heavy atom. The molecule has 3 N–H and O–H groups in total. The van der Waals surface area contributed by atoms with Crippen LogP contribution in [0.1, 0.15) is 40.0 Å². The minimum atomic E-state index is -0.845. The fraction of sp³-hybridized carbons (Fsp3) is 0.727. The number of aliphatic hydroxyl groups excluding tert-OH is 2. The third-order valence-corrected chi connectivity index (χ3v) is 1.94. The average molecular weight is 218 g/mol. The van der Waals surface area contributed by atoms with Crippen LogP contribution in [0.3, 0.4) is 0 Å². The second-order valence-corrected chi connectivity index (χ2v) is 3.20. The number of carboxylic acid groups (broad SMARTS) is 1. The maximum Gasteiger partial charge on any atom is 0.330 e. The van der Waals surface area contributed by atoms with Crippen molar-refractivity contribution in [3.05, 3.63) is 11.6 Å². The Bertz CT molecular complexity index is 187. The molecule has 90 valence electrons. The zero-order valence-electron chi connectivity index (χ0n) is 9.73. The predicted molar refractivity (Wildman–Crippen MR) is 59.7 cm³/mol. The molecule has 0 saturated carbocycles. The van der Waals surface area contributed by atoms with E-state index in [0.29, 0.717) is 5.57 Å². The number of allylic oxidation sites excluding steroid dienone is 1. The number of hydrogen-bond acceptors (Lipinski definition) is 3. The molecule has 0 rings (SSSR count). The van der Waals surface area contributed by atoms with E-state index in [1.807, 2.05) is 6.92 Å². The Morgan fingerprint density at radius 1 is 1.47 bits per heavy atom. The van der Waals surface area contributed by atoms with E-state index in [-0.39, 0.29) is 12.7 Å². The van der Waals surface area contributed by atoms with Crippen LogP contribution in [0.5, 0.6) is 0 Å². The van der Waals surface area contributed by atoms with Crippen LogP contribution in [-0.2, 0) is 4.79 Å². The summed E-state index contributed by atoms with van der Waals surface area (Å²) in [4.78, 5) is 9.86. The van der Waals surface area contributed by atoms with Gasteiger partial charge in [-0.3, -0.25) is 0 Å². The van der Waals surface area contributed by atoms with E-state index in [9.17, 15) is 4.79 Å². The highest BCUT2D eigenvalue weighted by Crippen LogP contribution is 1.98. The molecular weight excluding hydrogens is 196 g/mol. The molecule has 0 aromatic carbocycles. The fourth-order valence-corrected chi connectivity index (χ4v) is 0.655. The van der Waals surface area contributed by atoms with Gasteiger partial charge in [-0.25, -0.2) is 4.79 Å². The highest BCUT2D eigenvalue weighted by Gasteiger charge is 1.97. The number of carboxylic acids is 1. The molecule has 15 heavy (non-hydrogen) atoms. The first kappa shape index (κ1) is 16.6. The Labute approximate surface area is 91.2 Å². The lowest BCUT2D eigenvalue weighted by Gasteiger charge is -2.03. The standard InChI is InChI=1S/C6H14O2.C5H8O2/c1-2-6(8)4-3-5-7;1-3-4(2)5(6)7/h6-8H,2-5H2,1H3;3H,1-2H3,(H,6,7). The molecular formula is C11H22O4. The van der Waals surface area contributed by atoms with Crippen LogP contribution in [0.25, 0.3) is 0 Å². The summed E-state index contributed by atoms with van der Waals surface area (Å²) in [6, 6.07) is 0. The van der Waals surface area contributed by atoms with E-state index < -0.39 is 5.97 Å². The van der Waals surface area contributed by atoms with Crippen molar-refractivity contribution in [2.45, 2.75) is 46.1 Å². The van der Waals surface area contributed by atoms with Gasteiger partial charge >= 0.3 is 5.97 Å². The van der Waals surface area contributed by atoms with Gasteiger partial charge in [0.2, 0.25) is 0 Å². The molecule has 0 bridgehead atoms. The molecule has 4 heteroatoms. The molecule has 4 nitrogen and oxygen atoms in total. The van der Waals surface area contributed by atoms with Gasteiger partial charge in [0.05, 0.1) is 6.10 Å². The number of rotatable bonds is 5. The summed E-state index contributed by atoms with van der Waals surface area (Å²) in [6.07, 6.45) is 3.59. The number of hydrogen-bond donors (Lipinski definition) is 3.